The van der Waals surface area contributed by atoms with Crippen LogP contribution in [0, 0.1) is 5.92 Å². The van der Waals surface area contributed by atoms with Gasteiger partial charge in [0.05, 0.1) is 24.4 Å². The van der Waals surface area contributed by atoms with Crippen molar-refractivity contribution < 1.29 is 4.74 Å². The quantitative estimate of drug-likeness (QED) is 0.801. The maximum Gasteiger partial charge on any atom is 0.105 e. The molecular weight excluding hydrogens is 262 g/mol. The summed E-state index contributed by atoms with van der Waals surface area (Å²) in [5.41, 5.74) is 2.38. The van der Waals surface area contributed by atoms with Gasteiger partial charge in [-0.3, -0.25) is 4.68 Å². The van der Waals surface area contributed by atoms with Crippen LogP contribution in [0.3, 0.4) is 0 Å². The first kappa shape index (κ1) is 12.9. The van der Waals surface area contributed by atoms with Crippen LogP contribution in [-0.2, 0) is 11.3 Å². The molecule has 0 radical (unpaired) electrons. The Morgan fingerprint density at radius 2 is 2.05 bits per heavy atom. The second-order valence-corrected chi connectivity index (χ2v) is 5.40. The molecule has 2 aliphatic rings. The van der Waals surface area contributed by atoms with Gasteiger partial charge in [0.2, 0.25) is 0 Å². The zero-order chi connectivity index (χ0) is 12.1. The first-order chi connectivity index (χ1) is 8.83. The number of ether oxygens (including phenoxy) is 1. The van der Waals surface area contributed by atoms with E-state index in [4.69, 9.17) is 4.74 Å². The standard InChI is InChI=1S/C14H17N3O.ClH/c1-16-8-10(9-16)14-13-11-4-2-3-5-12(11)15-17(13)6-7-18-14;/h2-5,10,14H,6-9H2,1H3;1H. The molecule has 5 heteroatoms. The summed E-state index contributed by atoms with van der Waals surface area (Å²) in [5, 5.41) is 5.95. The molecule has 1 aromatic heterocycles. The molecule has 0 spiro atoms. The maximum atomic E-state index is 6.04. The molecule has 0 N–H and O–H groups in total. The summed E-state index contributed by atoms with van der Waals surface area (Å²) in [4.78, 5) is 2.34. The van der Waals surface area contributed by atoms with Gasteiger partial charge in [0, 0.05) is 24.4 Å². The summed E-state index contributed by atoms with van der Waals surface area (Å²) in [7, 11) is 2.16. The van der Waals surface area contributed by atoms with Gasteiger partial charge in [-0.15, -0.1) is 12.4 Å². The Bertz CT molecular complexity index is 591. The Balaban J connectivity index is 0.00000110. The van der Waals surface area contributed by atoms with E-state index in [1.807, 2.05) is 6.07 Å². The van der Waals surface area contributed by atoms with Crippen LogP contribution in [-0.4, -0.2) is 41.4 Å². The topological polar surface area (TPSA) is 30.3 Å². The molecule has 3 heterocycles. The minimum atomic E-state index is 0. The van der Waals surface area contributed by atoms with E-state index in [9.17, 15) is 0 Å². The number of fused-ring (bicyclic) bond motifs is 3. The number of aromatic nitrogens is 2. The zero-order valence-electron chi connectivity index (χ0n) is 11.0. The van der Waals surface area contributed by atoms with E-state index in [0.29, 0.717) is 5.92 Å². The molecule has 102 valence electrons. The Hall–Kier alpha value is -1.10. The highest BCUT2D eigenvalue weighted by molar-refractivity contribution is 5.85. The highest BCUT2D eigenvalue weighted by Gasteiger charge is 2.37. The van der Waals surface area contributed by atoms with E-state index in [0.717, 1.165) is 31.8 Å². The van der Waals surface area contributed by atoms with Crippen molar-refractivity contribution in [3.05, 3.63) is 30.0 Å². The minimum absolute atomic E-state index is 0. The maximum absolute atomic E-state index is 6.04. The number of halogens is 1. The third kappa shape index (κ3) is 1.95. The molecule has 1 atom stereocenters. The lowest BCUT2D eigenvalue weighted by atomic mass is 9.90. The molecule has 0 aliphatic carbocycles. The molecule has 4 rings (SSSR count). The van der Waals surface area contributed by atoms with Crippen molar-refractivity contribution >= 4 is 23.3 Å². The second kappa shape index (κ2) is 4.78. The van der Waals surface area contributed by atoms with Crippen molar-refractivity contribution in [1.82, 2.24) is 14.7 Å². The van der Waals surface area contributed by atoms with E-state index >= 15 is 0 Å². The largest absolute Gasteiger partial charge is 0.370 e. The molecule has 4 nitrogen and oxygen atoms in total. The van der Waals surface area contributed by atoms with Gasteiger partial charge in [0.15, 0.2) is 0 Å². The van der Waals surface area contributed by atoms with Gasteiger partial charge in [-0.25, -0.2) is 0 Å². The molecule has 2 aliphatic heterocycles. The monoisotopic (exact) mass is 279 g/mol. The van der Waals surface area contributed by atoms with Gasteiger partial charge in [-0.2, -0.15) is 5.10 Å². The number of nitrogens with zero attached hydrogens (tertiary/aromatic N) is 3. The Labute approximate surface area is 118 Å². The van der Waals surface area contributed by atoms with Crippen molar-refractivity contribution in [2.45, 2.75) is 12.6 Å². The number of hydrogen-bond donors (Lipinski definition) is 0. The molecular formula is C14H18ClN3O. The third-order valence-electron chi connectivity index (χ3n) is 4.08. The summed E-state index contributed by atoms with van der Waals surface area (Å²) in [6.45, 7) is 3.92. The van der Waals surface area contributed by atoms with Crippen LogP contribution in [0.5, 0.6) is 0 Å². The summed E-state index contributed by atoms with van der Waals surface area (Å²) in [6.07, 6.45) is 0.224. The van der Waals surface area contributed by atoms with Crippen molar-refractivity contribution in [1.29, 1.82) is 0 Å². The minimum Gasteiger partial charge on any atom is -0.370 e. The Kier molecular flexibility index (Phi) is 3.25. The van der Waals surface area contributed by atoms with Crippen LogP contribution < -0.4 is 0 Å². The van der Waals surface area contributed by atoms with Crippen LogP contribution in [0.4, 0.5) is 0 Å². The zero-order valence-corrected chi connectivity index (χ0v) is 11.8. The van der Waals surface area contributed by atoms with Crippen LogP contribution in [0.15, 0.2) is 24.3 Å². The fourth-order valence-electron chi connectivity index (χ4n) is 3.21. The fraction of sp³-hybridized carbons (Fsp3) is 0.500. The van der Waals surface area contributed by atoms with Crippen molar-refractivity contribution in [3.8, 4) is 0 Å². The molecule has 0 saturated carbocycles. The molecule has 19 heavy (non-hydrogen) atoms. The predicted molar refractivity (Wildman–Crippen MR) is 76.7 cm³/mol. The lowest BCUT2D eigenvalue weighted by Gasteiger charge is -2.42. The number of likely N-dealkylation sites (tertiary alicyclic amines) is 1. The SMILES string of the molecule is CN1CC(C2OCCn3nc4ccccc4c32)C1.Cl. The molecule has 1 aromatic carbocycles. The summed E-state index contributed by atoms with van der Waals surface area (Å²) in [6, 6.07) is 8.39. The van der Waals surface area contributed by atoms with Crippen LogP contribution in [0.25, 0.3) is 10.9 Å². The van der Waals surface area contributed by atoms with Crippen LogP contribution in [0.2, 0.25) is 0 Å². The van der Waals surface area contributed by atoms with Gasteiger partial charge in [-0.1, -0.05) is 18.2 Å². The molecule has 1 fully saturated rings. The lowest BCUT2D eigenvalue weighted by Crippen LogP contribution is -2.48. The van der Waals surface area contributed by atoms with Gasteiger partial charge in [-0.05, 0) is 13.1 Å². The molecule has 1 saturated heterocycles. The van der Waals surface area contributed by atoms with E-state index in [-0.39, 0.29) is 18.5 Å². The highest BCUT2D eigenvalue weighted by atomic mass is 35.5. The van der Waals surface area contributed by atoms with Gasteiger partial charge in [0.1, 0.15) is 6.10 Å². The lowest BCUT2D eigenvalue weighted by molar-refractivity contribution is -0.0649. The van der Waals surface area contributed by atoms with Gasteiger partial charge >= 0.3 is 0 Å². The first-order valence-electron chi connectivity index (χ1n) is 6.58. The van der Waals surface area contributed by atoms with Crippen molar-refractivity contribution in [2.75, 3.05) is 26.7 Å². The smallest absolute Gasteiger partial charge is 0.105 e. The average Bonchev–Trinajstić information content (AvgIpc) is 2.73. The summed E-state index contributed by atoms with van der Waals surface area (Å²) in [5.74, 6) is 0.620. The molecule has 2 aromatic rings. The average molecular weight is 280 g/mol. The number of rotatable bonds is 1. The van der Waals surface area contributed by atoms with Crippen molar-refractivity contribution in [3.63, 3.8) is 0 Å². The van der Waals surface area contributed by atoms with Gasteiger partial charge < -0.3 is 9.64 Å². The van der Waals surface area contributed by atoms with Gasteiger partial charge in [0.25, 0.3) is 0 Å². The highest BCUT2D eigenvalue weighted by Crippen LogP contribution is 2.37. The van der Waals surface area contributed by atoms with E-state index < -0.39 is 0 Å². The Morgan fingerprint density at radius 3 is 2.84 bits per heavy atom. The van der Waals surface area contributed by atoms with E-state index in [1.54, 1.807) is 0 Å². The molecule has 1 unspecified atom stereocenters. The van der Waals surface area contributed by atoms with E-state index in [1.165, 1.54) is 11.1 Å². The second-order valence-electron chi connectivity index (χ2n) is 5.40. The normalized spacial score (nSPS) is 23.7. The third-order valence-corrected chi connectivity index (χ3v) is 4.08. The van der Waals surface area contributed by atoms with Crippen LogP contribution >= 0.6 is 12.4 Å². The van der Waals surface area contributed by atoms with Crippen LogP contribution in [0.1, 0.15) is 11.8 Å². The fourth-order valence-corrected chi connectivity index (χ4v) is 3.21. The van der Waals surface area contributed by atoms with Crippen molar-refractivity contribution in [2.24, 2.45) is 5.92 Å². The number of benzene rings is 1. The predicted octanol–water partition coefficient (Wildman–Crippen LogP) is 2.09. The summed E-state index contributed by atoms with van der Waals surface area (Å²) >= 11 is 0. The molecule has 0 bridgehead atoms. The summed E-state index contributed by atoms with van der Waals surface area (Å²) < 4.78 is 8.19. The Morgan fingerprint density at radius 1 is 1.26 bits per heavy atom. The molecule has 0 amide bonds. The van der Waals surface area contributed by atoms with E-state index in [2.05, 4.69) is 39.9 Å². The number of hydrogen-bond acceptors (Lipinski definition) is 3. The first-order valence-corrected chi connectivity index (χ1v) is 6.58.